The van der Waals surface area contributed by atoms with E-state index in [0.29, 0.717) is 101 Å². The van der Waals surface area contributed by atoms with Gasteiger partial charge in [0, 0.05) is 23.9 Å². The molecule has 3 aromatic rings. The van der Waals surface area contributed by atoms with E-state index < -0.39 is 35.7 Å². The topological polar surface area (TPSA) is 200 Å². The molecular weight excluding hydrogens is 875 g/mol. The van der Waals surface area contributed by atoms with Crippen molar-refractivity contribution >= 4 is 42.0 Å². The standard InChI is InChI=1S/C53H63NO14/c1-3-48(55)63-33-11-7-5-9-31-61-42-21-25-44(26-22-42)65-50(57)37-13-15-39(16-14-37)52(59)67-46-29-30-47(41(35-46)36-54)68-53(60)40-19-17-38(18-20-40)51(58)66-45-27-23-43(24-28-45)62-32-10-6-8-12-34-64-49(56)4-2/h3-4,21-30,35-40,54H,1-2,5-20,31-34H2. The molecule has 0 heterocycles. The Bertz CT molecular complexity index is 2150. The minimum absolute atomic E-state index is 0.164. The molecule has 364 valence electrons. The lowest BCUT2D eigenvalue weighted by molar-refractivity contribution is -0.145. The maximum Gasteiger partial charge on any atom is 0.330 e. The molecule has 1 N–H and O–H groups in total. The Morgan fingerprint density at radius 2 is 0.765 bits per heavy atom. The highest BCUT2D eigenvalue weighted by molar-refractivity contribution is 5.86. The van der Waals surface area contributed by atoms with Gasteiger partial charge in [0.05, 0.1) is 50.1 Å². The first-order chi connectivity index (χ1) is 33.0. The highest BCUT2D eigenvalue weighted by Gasteiger charge is 2.34. The Morgan fingerprint density at radius 1 is 0.441 bits per heavy atom. The number of unbranched alkanes of at least 4 members (excludes halogenated alkanes) is 6. The summed E-state index contributed by atoms with van der Waals surface area (Å²) in [6, 6.07) is 18.2. The molecule has 5 rings (SSSR count). The first-order valence-corrected chi connectivity index (χ1v) is 23.6. The summed E-state index contributed by atoms with van der Waals surface area (Å²) < 4.78 is 44.1. The number of carbonyl (C=O) groups excluding carboxylic acids is 6. The van der Waals surface area contributed by atoms with Gasteiger partial charge in [-0.15, -0.1) is 0 Å². The van der Waals surface area contributed by atoms with Crippen LogP contribution in [0.15, 0.2) is 92.0 Å². The van der Waals surface area contributed by atoms with Crippen molar-refractivity contribution in [1.29, 1.82) is 5.41 Å². The number of rotatable bonds is 27. The highest BCUT2D eigenvalue weighted by Crippen LogP contribution is 2.35. The van der Waals surface area contributed by atoms with Crippen LogP contribution in [0.25, 0.3) is 0 Å². The van der Waals surface area contributed by atoms with Crippen molar-refractivity contribution < 1.29 is 66.7 Å². The minimum atomic E-state index is -0.461. The van der Waals surface area contributed by atoms with E-state index in [9.17, 15) is 28.8 Å². The third kappa shape index (κ3) is 17.8. The number of ether oxygens (including phenoxy) is 8. The van der Waals surface area contributed by atoms with Crippen LogP contribution in [-0.4, -0.2) is 68.5 Å². The van der Waals surface area contributed by atoms with Gasteiger partial charge in [-0.05, 0) is 169 Å². The zero-order valence-corrected chi connectivity index (χ0v) is 38.7. The molecule has 2 aliphatic rings. The van der Waals surface area contributed by atoms with Gasteiger partial charge in [0.2, 0.25) is 0 Å². The van der Waals surface area contributed by atoms with Gasteiger partial charge < -0.3 is 43.3 Å². The molecule has 0 atom stereocenters. The first-order valence-electron chi connectivity index (χ1n) is 23.6. The van der Waals surface area contributed by atoms with Gasteiger partial charge in [-0.3, -0.25) is 19.2 Å². The summed E-state index contributed by atoms with van der Waals surface area (Å²) in [6.07, 6.45) is 13.9. The van der Waals surface area contributed by atoms with Crippen LogP contribution in [0.2, 0.25) is 0 Å². The number of esters is 6. The van der Waals surface area contributed by atoms with Crippen molar-refractivity contribution in [3.8, 4) is 34.5 Å². The van der Waals surface area contributed by atoms with Gasteiger partial charge in [0.1, 0.15) is 34.5 Å². The first kappa shape index (κ1) is 52.2. The molecule has 0 unspecified atom stereocenters. The van der Waals surface area contributed by atoms with Gasteiger partial charge in [-0.1, -0.05) is 13.2 Å². The van der Waals surface area contributed by atoms with Crippen molar-refractivity contribution in [1.82, 2.24) is 0 Å². The molecule has 0 radical (unpaired) electrons. The second-order valence-electron chi connectivity index (χ2n) is 16.8. The number of benzene rings is 3. The molecule has 15 heteroatoms. The Kier molecular flexibility index (Phi) is 21.8. The Labute approximate surface area is 397 Å². The molecule has 0 aliphatic heterocycles. The van der Waals surface area contributed by atoms with E-state index in [1.165, 1.54) is 18.2 Å². The molecule has 2 aliphatic carbocycles. The van der Waals surface area contributed by atoms with Gasteiger partial charge in [-0.25, -0.2) is 9.59 Å². The summed E-state index contributed by atoms with van der Waals surface area (Å²) in [7, 11) is 0. The molecular formula is C53H63NO14. The summed E-state index contributed by atoms with van der Waals surface area (Å²) >= 11 is 0. The van der Waals surface area contributed by atoms with E-state index in [1.807, 2.05) is 0 Å². The van der Waals surface area contributed by atoms with E-state index in [0.717, 1.165) is 69.7 Å². The largest absolute Gasteiger partial charge is 0.494 e. The molecule has 0 bridgehead atoms. The van der Waals surface area contributed by atoms with Gasteiger partial charge in [-0.2, -0.15) is 0 Å². The molecule has 3 aromatic carbocycles. The Balaban J connectivity index is 0.949. The van der Waals surface area contributed by atoms with Crippen molar-refractivity contribution in [2.75, 3.05) is 26.4 Å². The van der Waals surface area contributed by atoms with Crippen LogP contribution >= 0.6 is 0 Å². The minimum Gasteiger partial charge on any atom is -0.494 e. The lowest BCUT2D eigenvalue weighted by Gasteiger charge is -2.26. The number of hydrogen-bond donors (Lipinski definition) is 1. The molecule has 0 saturated heterocycles. The predicted molar refractivity (Wildman–Crippen MR) is 251 cm³/mol. The fourth-order valence-electron chi connectivity index (χ4n) is 7.88. The van der Waals surface area contributed by atoms with Gasteiger partial charge >= 0.3 is 35.8 Å². The lowest BCUT2D eigenvalue weighted by Crippen LogP contribution is -2.30. The summed E-state index contributed by atoms with van der Waals surface area (Å²) in [6.45, 7) is 8.56. The molecule has 2 fully saturated rings. The third-order valence-corrected chi connectivity index (χ3v) is 11.9. The van der Waals surface area contributed by atoms with Crippen molar-refractivity contribution in [2.24, 2.45) is 23.7 Å². The smallest absolute Gasteiger partial charge is 0.330 e. The maximum absolute atomic E-state index is 13.2. The molecule has 0 spiro atoms. The summed E-state index contributed by atoms with van der Waals surface area (Å²) in [5.41, 5.74) is 0.265. The zero-order valence-electron chi connectivity index (χ0n) is 38.7. The second kappa shape index (κ2) is 28.4. The molecule has 0 amide bonds. The molecule has 68 heavy (non-hydrogen) atoms. The fourth-order valence-corrected chi connectivity index (χ4v) is 7.88. The molecule has 15 nitrogen and oxygen atoms in total. The van der Waals surface area contributed by atoms with Crippen molar-refractivity contribution in [3.63, 3.8) is 0 Å². The SMILES string of the molecule is C=CC(=O)OCCCCCCOc1ccc(OC(=O)C2CCC(C(=O)Oc3ccc(OC(=O)C4CCC(C(=O)Oc5ccc(OCCCCCCOC(=O)C=C)cc5)CC4)c(C=N)c3)CC2)cc1. The number of nitrogens with one attached hydrogen (secondary N) is 1. The summed E-state index contributed by atoms with van der Waals surface area (Å²) in [5.74, 6) is -1.49. The Hall–Kier alpha value is -6.77. The lowest BCUT2D eigenvalue weighted by atomic mass is 9.82. The van der Waals surface area contributed by atoms with Crippen molar-refractivity contribution in [3.05, 3.63) is 97.6 Å². The van der Waals surface area contributed by atoms with E-state index in [-0.39, 0.29) is 40.8 Å². The maximum atomic E-state index is 13.2. The van der Waals surface area contributed by atoms with Crippen LogP contribution in [0.1, 0.15) is 108 Å². The summed E-state index contributed by atoms with van der Waals surface area (Å²) in [4.78, 5) is 74.4. The van der Waals surface area contributed by atoms with Crippen LogP contribution in [-0.2, 0) is 38.2 Å². The summed E-state index contributed by atoms with van der Waals surface area (Å²) in [5, 5.41) is 7.94. The van der Waals surface area contributed by atoms with Crippen LogP contribution in [0.5, 0.6) is 34.5 Å². The third-order valence-electron chi connectivity index (χ3n) is 11.9. The second-order valence-corrected chi connectivity index (χ2v) is 16.8. The fraction of sp³-hybridized carbons (Fsp3) is 0.453. The van der Waals surface area contributed by atoms with Crippen LogP contribution in [0.3, 0.4) is 0 Å². The van der Waals surface area contributed by atoms with E-state index in [4.69, 9.17) is 43.3 Å². The average Bonchev–Trinajstić information content (AvgIpc) is 3.36. The van der Waals surface area contributed by atoms with Crippen LogP contribution in [0, 0.1) is 29.1 Å². The number of carbonyl (C=O) groups is 6. The van der Waals surface area contributed by atoms with Gasteiger partial charge in [0.25, 0.3) is 0 Å². The monoisotopic (exact) mass is 937 g/mol. The van der Waals surface area contributed by atoms with Crippen LogP contribution < -0.4 is 28.4 Å². The Morgan fingerprint density at radius 3 is 1.13 bits per heavy atom. The normalized spacial score (nSPS) is 17.6. The zero-order chi connectivity index (χ0) is 48.5. The van der Waals surface area contributed by atoms with Crippen LogP contribution in [0.4, 0.5) is 0 Å². The predicted octanol–water partition coefficient (Wildman–Crippen LogP) is 9.66. The quantitative estimate of drug-likeness (QED) is 0.0249. The number of hydrogen-bond acceptors (Lipinski definition) is 15. The van der Waals surface area contributed by atoms with Gasteiger partial charge in [0.15, 0.2) is 0 Å². The average molecular weight is 938 g/mol. The van der Waals surface area contributed by atoms with E-state index in [2.05, 4.69) is 13.2 Å². The van der Waals surface area contributed by atoms with E-state index in [1.54, 1.807) is 48.5 Å². The van der Waals surface area contributed by atoms with Crippen molar-refractivity contribution in [2.45, 2.75) is 103 Å². The molecule has 0 aromatic heterocycles. The molecule has 2 saturated carbocycles. The van der Waals surface area contributed by atoms with E-state index >= 15 is 0 Å². The highest BCUT2D eigenvalue weighted by atomic mass is 16.6.